The van der Waals surface area contributed by atoms with Gasteiger partial charge in [0.1, 0.15) is 5.75 Å². The van der Waals surface area contributed by atoms with Gasteiger partial charge < -0.3 is 15.2 Å². The lowest BCUT2D eigenvalue weighted by atomic mass is 10.0. The molecule has 1 aliphatic heterocycles. The van der Waals surface area contributed by atoms with Crippen LogP contribution in [0.25, 0.3) is 10.8 Å². The van der Waals surface area contributed by atoms with Crippen LogP contribution >= 0.6 is 12.4 Å². The second-order valence-electron chi connectivity index (χ2n) is 6.74. The van der Waals surface area contributed by atoms with E-state index in [1.807, 2.05) is 30.3 Å². The maximum Gasteiger partial charge on any atom is 0.252 e. The number of nitrogens with zero attached hydrogens (tertiary/aromatic N) is 1. The van der Waals surface area contributed by atoms with E-state index in [0.29, 0.717) is 17.9 Å². The van der Waals surface area contributed by atoms with Gasteiger partial charge in [-0.05, 0) is 30.8 Å². The summed E-state index contributed by atoms with van der Waals surface area (Å²) in [4.78, 5) is 14.2. The van der Waals surface area contributed by atoms with Crippen molar-refractivity contribution in [2.45, 2.75) is 25.7 Å². The lowest BCUT2D eigenvalue weighted by molar-refractivity contribution is 0.0371. The Morgan fingerprint density at radius 3 is 2.56 bits per heavy atom. The van der Waals surface area contributed by atoms with Crippen LogP contribution in [-0.4, -0.2) is 50.3 Å². The van der Waals surface area contributed by atoms with Gasteiger partial charge in [0.2, 0.25) is 0 Å². The first kappa shape index (κ1) is 21.5. The minimum absolute atomic E-state index is 0. The molecule has 1 amide bonds. The third kappa shape index (κ3) is 6.09. The number of amides is 1. The summed E-state index contributed by atoms with van der Waals surface area (Å²) in [6, 6.07) is 11.6. The number of morpholine rings is 1. The van der Waals surface area contributed by atoms with Crippen molar-refractivity contribution in [1.29, 1.82) is 0 Å². The average molecular weight is 393 g/mol. The van der Waals surface area contributed by atoms with Gasteiger partial charge in [0.15, 0.2) is 0 Å². The Kier molecular flexibility index (Phi) is 8.85. The SMILES string of the molecule is Cl.NC(=O)c1ccc2ccccc2c1OCCCCCCN1CCOCC1. The molecule has 0 atom stereocenters. The van der Waals surface area contributed by atoms with E-state index in [-0.39, 0.29) is 12.4 Å². The van der Waals surface area contributed by atoms with Crippen molar-refractivity contribution >= 4 is 29.1 Å². The Bertz CT molecular complexity index is 732. The Balaban J connectivity index is 0.00000261. The van der Waals surface area contributed by atoms with Crippen molar-refractivity contribution in [2.75, 3.05) is 39.5 Å². The highest BCUT2D eigenvalue weighted by molar-refractivity contribution is 6.03. The highest BCUT2D eigenvalue weighted by Gasteiger charge is 2.13. The third-order valence-corrected chi connectivity index (χ3v) is 4.86. The molecule has 0 aliphatic carbocycles. The second kappa shape index (κ2) is 11.1. The van der Waals surface area contributed by atoms with Gasteiger partial charge in [-0.15, -0.1) is 12.4 Å². The maximum atomic E-state index is 11.7. The number of halogens is 1. The van der Waals surface area contributed by atoms with E-state index in [1.165, 1.54) is 12.8 Å². The minimum atomic E-state index is -0.448. The molecule has 2 aromatic rings. The van der Waals surface area contributed by atoms with Gasteiger partial charge in [0.25, 0.3) is 5.91 Å². The average Bonchev–Trinajstić information content (AvgIpc) is 2.67. The molecule has 0 unspecified atom stereocenters. The normalized spacial score (nSPS) is 14.7. The number of primary amides is 1. The van der Waals surface area contributed by atoms with Crippen LogP contribution in [-0.2, 0) is 4.74 Å². The molecule has 2 aromatic carbocycles. The number of ether oxygens (including phenoxy) is 2. The summed E-state index contributed by atoms with van der Waals surface area (Å²) in [6.07, 6.45) is 4.51. The number of carbonyl (C=O) groups excluding carboxylic acids is 1. The topological polar surface area (TPSA) is 64.8 Å². The van der Waals surface area contributed by atoms with Crippen molar-refractivity contribution in [3.63, 3.8) is 0 Å². The Morgan fingerprint density at radius 2 is 1.78 bits per heavy atom. The van der Waals surface area contributed by atoms with Crippen molar-refractivity contribution in [2.24, 2.45) is 5.73 Å². The fourth-order valence-corrected chi connectivity index (χ4v) is 3.38. The van der Waals surface area contributed by atoms with Gasteiger partial charge in [-0.2, -0.15) is 0 Å². The Hall–Kier alpha value is -1.82. The first-order valence-corrected chi connectivity index (χ1v) is 9.50. The van der Waals surface area contributed by atoms with Gasteiger partial charge >= 0.3 is 0 Å². The number of unbranched alkanes of at least 4 members (excludes halogenated alkanes) is 3. The van der Waals surface area contributed by atoms with Gasteiger partial charge in [0, 0.05) is 18.5 Å². The van der Waals surface area contributed by atoms with Crippen LogP contribution in [0.5, 0.6) is 5.75 Å². The zero-order chi connectivity index (χ0) is 18.2. The smallest absolute Gasteiger partial charge is 0.252 e. The first-order valence-electron chi connectivity index (χ1n) is 9.50. The molecule has 0 bridgehead atoms. The van der Waals surface area contributed by atoms with Crippen LogP contribution in [0.1, 0.15) is 36.0 Å². The van der Waals surface area contributed by atoms with Crippen molar-refractivity contribution in [3.8, 4) is 5.75 Å². The van der Waals surface area contributed by atoms with Gasteiger partial charge in [-0.25, -0.2) is 0 Å². The number of benzene rings is 2. The first-order chi connectivity index (χ1) is 12.8. The lowest BCUT2D eigenvalue weighted by Gasteiger charge is -2.26. The van der Waals surface area contributed by atoms with Gasteiger partial charge in [-0.3, -0.25) is 9.69 Å². The van der Waals surface area contributed by atoms with E-state index < -0.39 is 5.91 Å². The van der Waals surface area contributed by atoms with Gasteiger partial charge in [0.05, 0.1) is 25.4 Å². The van der Waals surface area contributed by atoms with Crippen LogP contribution < -0.4 is 10.5 Å². The summed E-state index contributed by atoms with van der Waals surface area (Å²) in [5, 5.41) is 1.99. The Morgan fingerprint density at radius 1 is 1.04 bits per heavy atom. The molecule has 6 heteroatoms. The Labute approximate surface area is 167 Å². The van der Waals surface area contributed by atoms with Crippen molar-refractivity contribution in [1.82, 2.24) is 4.90 Å². The predicted molar refractivity (Wildman–Crippen MR) is 111 cm³/mol. The van der Waals surface area contributed by atoms with Crippen molar-refractivity contribution < 1.29 is 14.3 Å². The zero-order valence-corrected chi connectivity index (χ0v) is 16.5. The van der Waals surface area contributed by atoms with E-state index in [2.05, 4.69) is 4.90 Å². The molecule has 1 heterocycles. The van der Waals surface area contributed by atoms with E-state index in [0.717, 1.165) is 56.5 Å². The minimum Gasteiger partial charge on any atom is -0.492 e. The van der Waals surface area contributed by atoms with Crippen LogP contribution in [0.2, 0.25) is 0 Å². The van der Waals surface area contributed by atoms with E-state index >= 15 is 0 Å². The fraction of sp³-hybridized carbons (Fsp3) is 0.476. The largest absolute Gasteiger partial charge is 0.492 e. The van der Waals surface area contributed by atoms with E-state index in [1.54, 1.807) is 6.07 Å². The molecule has 5 nitrogen and oxygen atoms in total. The number of rotatable bonds is 9. The number of carbonyl (C=O) groups is 1. The molecule has 1 aliphatic rings. The molecule has 1 saturated heterocycles. The summed E-state index contributed by atoms with van der Waals surface area (Å²) in [5.41, 5.74) is 5.97. The standard InChI is InChI=1S/C21H28N2O3.ClH/c22-21(24)19-10-9-17-7-3-4-8-18(17)20(19)26-14-6-2-1-5-11-23-12-15-25-16-13-23;/h3-4,7-10H,1-2,5-6,11-16H2,(H2,22,24);1H. The van der Waals surface area contributed by atoms with Crippen LogP contribution in [0.15, 0.2) is 36.4 Å². The maximum absolute atomic E-state index is 11.7. The molecule has 0 spiro atoms. The molecule has 148 valence electrons. The third-order valence-electron chi connectivity index (χ3n) is 4.86. The highest BCUT2D eigenvalue weighted by Crippen LogP contribution is 2.30. The predicted octanol–water partition coefficient (Wildman–Crippen LogP) is 3.63. The summed E-state index contributed by atoms with van der Waals surface area (Å²) in [6.45, 7) is 5.59. The quantitative estimate of drug-likeness (QED) is 0.662. The molecule has 2 N–H and O–H groups in total. The fourth-order valence-electron chi connectivity index (χ4n) is 3.38. The summed E-state index contributed by atoms with van der Waals surface area (Å²) in [7, 11) is 0. The molecule has 0 aromatic heterocycles. The summed E-state index contributed by atoms with van der Waals surface area (Å²) < 4.78 is 11.3. The van der Waals surface area contributed by atoms with Crippen LogP contribution in [0.4, 0.5) is 0 Å². The summed E-state index contributed by atoms with van der Waals surface area (Å²) in [5.74, 6) is 0.167. The van der Waals surface area contributed by atoms with Gasteiger partial charge in [-0.1, -0.05) is 43.2 Å². The van der Waals surface area contributed by atoms with E-state index in [9.17, 15) is 4.79 Å². The highest BCUT2D eigenvalue weighted by atomic mass is 35.5. The number of hydrogen-bond acceptors (Lipinski definition) is 4. The molecule has 0 radical (unpaired) electrons. The zero-order valence-electron chi connectivity index (χ0n) is 15.7. The van der Waals surface area contributed by atoms with E-state index in [4.69, 9.17) is 15.2 Å². The molecule has 0 saturated carbocycles. The molecule has 1 fully saturated rings. The van der Waals surface area contributed by atoms with Crippen LogP contribution in [0, 0.1) is 0 Å². The molecular formula is C21H29ClN2O3. The molecule has 27 heavy (non-hydrogen) atoms. The van der Waals surface area contributed by atoms with Crippen LogP contribution in [0.3, 0.4) is 0 Å². The molecular weight excluding hydrogens is 364 g/mol. The second-order valence-corrected chi connectivity index (χ2v) is 6.74. The number of nitrogens with two attached hydrogens (primary N) is 1. The number of hydrogen-bond donors (Lipinski definition) is 1. The monoisotopic (exact) mass is 392 g/mol. The summed E-state index contributed by atoms with van der Waals surface area (Å²) >= 11 is 0. The molecule has 3 rings (SSSR count). The number of fused-ring (bicyclic) bond motifs is 1. The lowest BCUT2D eigenvalue weighted by Crippen LogP contribution is -2.36. The van der Waals surface area contributed by atoms with Crippen molar-refractivity contribution in [3.05, 3.63) is 42.0 Å².